The Hall–Kier alpha value is -7.02. The molecule has 15 aromatic rings. The van der Waals surface area contributed by atoms with Gasteiger partial charge in [0, 0.05) is 98.2 Å². The van der Waals surface area contributed by atoms with Crippen LogP contribution in [0.1, 0.15) is 7.43 Å². The number of hydrogen-bond acceptors (Lipinski definition) is 7. The molecule has 0 unspecified atom stereocenters. The third-order valence-corrected chi connectivity index (χ3v) is 16.3. The van der Waals surface area contributed by atoms with E-state index in [0.29, 0.717) is 11.0 Å². The lowest BCUT2D eigenvalue weighted by atomic mass is 9.79. The fourth-order valence-corrected chi connectivity index (χ4v) is 12.6. The smallest absolute Gasteiger partial charge is 0.456 e. The Labute approximate surface area is 432 Å². The van der Waals surface area contributed by atoms with Gasteiger partial charge in [0.2, 0.25) is 0 Å². The Balaban J connectivity index is 0.000000132. The summed E-state index contributed by atoms with van der Waals surface area (Å²) >= 11 is 10.7. The van der Waals surface area contributed by atoms with Crippen LogP contribution in [-0.4, -0.2) is 17.2 Å². The molecule has 10 aromatic carbocycles. The minimum Gasteiger partial charge on any atom is -0.456 e. The van der Waals surface area contributed by atoms with Gasteiger partial charge in [-0.15, -0.1) is 22.7 Å². The molecule has 15 rings (SSSR count). The number of benzene rings is 10. The molecule has 0 aliphatic heterocycles. The molecule has 0 saturated heterocycles. The van der Waals surface area contributed by atoms with Crippen molar-refractivity contribution in [3.63, 3.8) is 0 Å². The minimum absolute atomic E-state index is 0. The Kier molecular flexibility index (Phi) is 11.6. The highest BCUT2D eigenvalue weighted by molar-refractivity contribution is 9.10. The lowest BCUT2D eigenvalue weighted by Gasteiger charge is -2.05. The maximum absolute atomic E-state index is 9.24. The van der Waals surface area contributed by atoms with Crippen molar-refractivity contribution in [2.24, 2.45) is 0 Å². The summed E-state index contributed by atoms with van der Waals surface area (Å²) in [5, 5.41) is 30.2. The summed E-state index contributed by atoms with van der Waals surface area (Å²) in [5.41, 5.74) is 9.98. The first-order valence-corrected chi connectivity index (χ1v) is 25.9. The van der Waals surface area contributed by atoms with E-state index in [1.807, 2.05) is 77.3 Å². The minimum atomic E-state index is -1.51. The largest absolute Gasteiger partial charge is 0.492 e. The van der Waals surface area contributed by atoms with Gasteiger partial charge in [-0.05, 0) is 90.0 Å². The predicted octanol–water partition coefficient (Wildman–Crippen LogP) is 18.7. The molecule has 0 amide bonds. The lowest BCUT2D eigenvalue weighted by molar-refractivity contribution is 0.425. The highest BCUT2D eigenvalue weighted by atomic mass is 79.9. The number of thiophene rings is 2. The molecule has 5 nitrogen and oxygen atoms in total. The summed E-state index contributed by atoms with van der Waals surface area (Å²) in [6.07, 6.45) is 0. The number of rotatable bonds is 3. The van der Waals surface area contributed by atoms with Gasteiger partial charge in [-0.2, -0.15) is 0 Å². The third-order valence-electron chi connectivity index (χ3n) is 13.0. The van der Waals surface area contributed by atoms with Crippen LogP contribution < -0.4 is 5.46 Å². The van der Waals surface area contributed by atoms with E-state index in [9.17, 15) is 10.0 Å². The first-order chi connectivity index (χ1) is 34.3. The monoisotopic (exact) mass is 1080 g/mol. The molecule has 0 atom stereocenters. The first-order valence-electron chi connectivity index (χ1n) is 22.6. The van der Waals surface area contributed by atoms with Crippen molar-refractivity contribution in [2.75, 3.05) is 0 Å². The van der Waals surface area contributed by atoms with Crippen LogP contribution >= 0.6 is 54.5 Å². The van der Waals surface area contributed by atoms with Gasteiger partial charge in [0.25, 0.3) is 0 Å². The number of para-hydroxylation sites is 6. The zero-order valence-electron chi connectivity index (χ0n) is 36.8. The topological polar surface area (TPSA) is 79.9 Å². The SMILES string of the molecule is Brc1ccc2sc3ccc(Br)cc3c2c1.C.OB(O)c1cccc2c1oc1ccccc12.c1ccc2c(c1)oc1c(-c3ccc4sc5ccc(-c6cccc7c6oc6ccccc67)cc5c4c3)cccc12. The van der Waals surface area contributed by atoms with Crippen LogP contribution in [0.2, 0.25) is 0 Å². The van der Waals surface area contributed by atoms with Crippen molar-refractivity contribution in [2.45, 2.75) is 7.43 Å². The molecule has 0 fully saturated rings. The van der Waals surface area contributed by atoms with Crippen LogP contribution in [-0.2, 0) is 0 Å². The number of furan rings is 3. The van der Waals surface area contributed by atoms with Gasteiger partial charge in [0.15, 0.2) is 0 Å². The van der Waals surface area contributed by atoms with Gasteiger partial charge in [-0.1, -0.05) is 161 Å². The van der Waals surface area contributed by atoms with E-state index >= 15 is 0 Å². The van der Waals surface area contributed by atoms with Crippen LogP contribution in [0, 0.1) is 0 Å². The van der Waals surface area contributed by atoms with E-state index in [0.717, 1.165) is 91.4 Å². The molecular formula is C61H39BBr2O5S2. The van der Waals surface area contributed by atoms with Crippen LogP contribution in [0.25, 0.3) is 128 Å². The molecular weight excluding hydrogens is 1050 g/mol. The Morgan fingerprint density at radius 2 is 0.690 bits per heavy atom. The number of halogens is 2. The molecule has 5 heterocycles. The zero-order chi connectivity index (χ0) is 47.0. The van der Waals surface area contributed by atoms with Crippen LogP contribution in [0.15, 0.2) is 222 Å². The number of fused-ring (bicyclic) bond motifs is 15. The van der Waals surface area contributed by atoms with Crippen molar-refractivity contribution in [1.82, 2.24) is 0 Å². The van der Waals surface area contributed by atoms with Crippen molar-refractivity contribution < 1.29 is 23.3 Å². The fourth-order valence-electron chi connectivity index (χ4n) is 9.76. The maximum Gasteiger partial charge on any atom is 0.492 e. The zero-order valence-corrected chi connectivity index (χ0v) is 41.6. The highest BCUT2D eigenvalue weighted by Crippen LogP contribution is 2.43. The third kappa shape index (κ3) is 7.92. The molecule has 0 spiro atoms. The standard InChI is InChI=1S/C36H20O2S.C12H9BO3.C12H6Br2S.CH4/c1-3-13-31-25(7-1)27-11-5-9-23(35(27)37-31)21-15-17-33-29(19-21)30-20-22(16-18-34(30)39-33)24-10-6-12-28-26-8-2-4-14-32(26)38-36(24)28;14-13(15)10-6-3-5-9-8-4-1-2-7-11(8)16-12(9)10;13-7-1-3-11-9(5-7)10-6-8(14)2-4-12(10)15-11;/h1-20H;1-7,14-15H;1-6H;1H4. The summed E-state index contributed by atoms with van der Waals surface area (Å²) in [6, 6.07) is 68.8. The number of hydrogen-bond donors (Lipinski definition) is 2. The van der Waals surface area contributed by atoms with E-state index in [1.165, 1.54) is 40.3 Å². The lowest BCUT2D eigenvalue weighted by Crippen LogP contribution is -2.29. The van der Waals surface area contributed by atoms with E-state index in [-0.39, 0.29) is 7.43 Å². The van der Waals surface area contributed by atoms with E-state index in [4.69, 9.17) is 13.3 Å². The Morgan fingerprint density at radius 3 is 1.13 bits per heavy atom. The second-order valence-electron chi connectivity index (χ2n) is 17.2. The summed E-state index contributed by atoms with van der Waals surface area (Å²) in [5.74, 6) is 0. The molecule has 0 aliphatic rings. The summed E-state index contributed by atoms with van der Waals surface area (Å²) in [4.78, 5) is 0. The summed E-state index contributed by atoms with van der Waals surface area (Å²) in [7, 11) is -1.51. The van der Waals surface area contributed by atoms with Crippen LogP contribution in [0.4, 0.5) is 0 Å². The van der Waals surface area contributed by atoms with Gasteiger partial charge in [-0.25, -0.2) is 0 Å². The molecule has 71 heavy (non-hydrogen) atoms. The van der Waals surface area contributed by atoms with E-state index in [2.05, 4.69) is 165 Å². The van der Waals surface area contributed by atoms with Crippen molar-refractivity contribution in [3.05, 3.63) is 209 Å². The quantitative estimate of drug-likeness (QED) is 0.172. The average Bonchev–Trinajstić information content (AvgIpc) is 4.22. The molecule has 342 valence electrons. The molecule has 2 N–H and O–H groups in total. The van der Waals surface area contributed by atoms with Gasteiger partial charge in [-0.3, -0.25) is 0 Å². The molecule has 0 radical (unpaired) electrons. The van der Waals surface area contributed by atoms with Gasteiger partial charge < -0.3 is 23.3 Å². The average molecular weight is 1090 g/mol. The Bertz CT molecular complexity index is 4300. The summed E-state index contributed by atoms with van der Waals surface area (Å²) < 4.78 is 25.8. The molecule has 0 aliphatic carbocycles. The van der Waals surface area contributed by atoms with Gasteiger partial charge in [0.05, 0.1) is 0 Å². The normalized spacial score (nSPS) is 11.5. The van der Waals surface area contributed by atoms with Crippen molar-refractivity contribution in [1.29, 1.82) is 0 Å². The fraction of sp³-hybridized carbons (Fsp3) is 0.0164. The van der Waals surface area contributed by atoms with Crippen molar-refractivity contribution in [3.8, 4) is 22.3 Å². The first kappa shape index (κ1) is 45.1. The molecule has 0 bridgehead atoms. The second kappa shape index (κ2) is 18.3. The van der Waals surface area contributed by atoms with Crippen LogP contribution in [0.3, 0.4) is 0 Å². The van der Waals surface area contributed by atoms with E-state index in [1.54, 1.807) is 12.1 Å². The van der Waals surface area contributed by atoms with Gasteiger partial charge in [0.1, 0.15) is 33.5 Å². The predicted molar refractivity (Wildman–Crippen MR) is 310 cm³/mol. The van der Waals surface area contributed by atoms with E-state index < -0.39 is 7.12 Å². The molecule has 10 heteroatoms. The summed E-state index contributed by atoms with van der Waals surface area (Å²) in [6.45, 7) is 0. The maximum atomic E-state index is 9.24. The Morgan fingerprint density at radius 1 is 0.338 bits per heavy atom. The van der Waals surface area contributed by atoms with Crippen LogP contribution in [0.5, 0.6) is 0 Å². The van der Waals surface area contributed by atoms with Gasteiger partial charge >= 0.3 is 7.12 Å². The second-order valence-corrected chi connectivity index (χ2v) is 21.2. The highest BCUT2D eigenvalue weighted by Gasteiger charge is 2.19. The molecule has 0 saturated carbocycles. The van der Waals surface area contributed by atoms with Crippen molar-refractivity contribution >= 4 is 173 Å². The molecule has 5 aromatic heterocycles.